The van der Waals surface area contributed by atoms with E-state index >= 15 is 0 Å². The van der Waals surface area contributed by atoms with E-state index in [0.29, 0.717) is 12.4 Å². The van der Waals surface area contributed by atoms with Crippen LogP contribution in [-0.2, 0) is 10.0 Å². The first-order chi connectivity index (χ1) is 7.53. The van der Waals surface area contributed by atoms with Crippen molar-refractivity contribution in [2.75, 3.05) is 24.2 Å². The number of nitrogens with zero attached hydrogens (tertiary/aromatic N) is 2. The van der Waals surface area contributed by atoms with Crippen LogP contribution in [-0.4, -0.2) is 37.2 Å². The van der Waals surface area contributed by atoms with Gasteiger partial charge in [-0.05, 0) is 17.7 Å². The van der Waals surface area contributed by atoms with Crippen molar-refractivity contribution < 1.29 is 8.42 Å². The predicted molar refractivity (Wildman–Crippen MR) is 63.0 cm³/mol. The molecule has 1 heterocycles. The maximum atomic E-state index is 11.3. The maximum absolute atomic E-state index is 11.3. The Labute approximate surface area is 99.5 Å². The fraction of sp³-hybridized carbons (Fsp3) is 0.500. The lowest BCUT2D eigenvalue weighted by Gasteiger charge is -2.06. The number of hydrogen-bond acceptors (Lipinski definition) is 5. The molecule has 0 atom stereocenters. The van der Waals surface area contributed by atoms with Gasteiger partial charge < -0.3 is 5.32 Å². The SMILES string of the molecule is CCNS(=O)(=O)CCNc1ccnc(Cl)n1. The molecule has 90 valence electrons. The molecule has 0 bridgehead atoms. The molecule has 0 saturated heterocycles. The molecule has 2 N–H and O–H groups in total. The summed E-state index contributed by atoms with van der Waals surface area (Å²) < 4.78 is 24.9. The minimum absolute atomic E-state index is 0.0114. The van der Waals surface area contributed by atoms with Crippen molar-refractivity contribution in [2.24, 2.45) is 0 Å². The molecule has 0 amide bonds. The molecule has 0 aromatic carbocycles. The number of anilines is 1. The molecule has 0 aliphatic heterocycles. The Morgan fingerprint density at radius 2 is 2.25 bits per heavy atom. The number of rotatable bonds is 6. The van der Waals surface area contributed by atoms with Gasteiger partial charge in [-0.2, -0.15) is 0 Å². The summed E-state index contributed by atoms with van der Waals surface area (Å²) in [4.78, 5) is 7.58. The van der Waals surface area contributed by atoms with Crippen molar-refractivity contribution in [3.05, 3.63) is 17.5 Å². The smallest absolute Gasteiger partial charge is 0.224 e. The second-order valence-electron chi connectivity index (χ2n) is 2.95. The van der Waals surface area contributed by atoms with Crippen LogP contribution in [0.1, 0.15) is 6.92 Å². The van der Waals surface area contributed by atoms with Crippen LogP contribution in [0.15, 0.2) is 12.3 Å². The average Bonchev–Trinajstić information content (AvgIpc) is 2.17. The largest absolute Gasteiger partial charge is 0.369 e. The highest BCUT2D eigenvalue weighted by Crippen LogP contribution is 2.05. The van der Waals surface area contributed by atoms with Gasteiger partial charge in [0.05, 0.1) is 5.75 Å². The normalized spacial score (nSPS) is 11.4. The quantitative estimate of drug-likeness (QED) is 0.730. The van der Waals surface area contributed by atoms with Gasteiger partial charge in [0.2, 0.25) is 15.3 Å². The van der Waals surface area contributed by atoms with E-state index in [1.54, 1.807) is 13.0 Å². The van der Waals surface area contributed by atoms with Gasteiger partial charge in [0.15, 0.2) is 0 Å². The molecule has 0 saturated carbocycles. The van der Waals surface area contributed by atoms with Crippen LogP contribution in [0, 0.1) is 0 Å². The molecular formula is C8H13ClN4O2S. The van der Waals surface area contributed by atoms with E-state index in [-0.39, 0.29) is 17.6 Å². The van der Waals surface area contributed by atoms with E-state index in [9.17, 15) is 8.42 Å². The zero-order valence-electron chi connectivity index (χ0n) is 8.77. The van der Waals surface area contributed by atoms with Crippen molar-refractivity contribution in [2.45, 2.75) is 6.92 Å². The Morgan fingerprint density at radius 1 is 1.50 bits per heavy atom. The third-order valence-electron chi connectivity index (χ3n) is 1.67. The summed E-state index contributed by atoms with van der Waals surface area (Å²) in [5.41, 5.74) is 0. The summed E-state index contributed by atoms with van der Waals surface area (Å²) in [6.45, 7) is 2.39. The molecule has 1 aromatic heterocycles. The van der Waals surface area contributed by atoms with E-state index in [0.717, 1.165) is 0 Å². The Hall–Kier alpha value is -0.920. The van der Waals surface area contributed by atoms with Crippen molar-refractivity contribution >= 4 is 27.4 Å². The molecule has 1 aromatic rings. The molecule has 0 spiro atoms. The second-order valence-corrected chi connectivity index (χ2v) is 5.22. The molecule has 0 radical (unpaired) electrons. The predicted octanol–water partition coefficient (Wildman–Crippen LogP) is 0.481. The zero-order valence-corrected chi connectivity index (χ0v) is 10.3. The number of nitrogens with one attached hydrogen (secondary N) is 2. The fourth-order valence-electron chi connectivity index (χ4n) is 1.04. The van der Waals surface area contributed by atoms with Gasteiger partial charge in [0.1, 0.15) is 5.82 Å². The third kappa shape index (κ3) is 4.73. The molecule has 0 unspecified atom stereocenters. The molecular weight excluding hydrogens is 252 g/mol. The molecule has 8 heteroatoms. The highest BCUT2D eigenvalue weighted by atomic mass is 35.5. The highest BCUT2D eigenvalue weighted by Gasteiger charge is 2.07. The van der Waals surface area contributed by atoms with Crippen molar-refractivity contribution in [3.8, 4) is 0 Å². The van der Waals surface area contributed by atoms with Crippen molar-refractivity contribution in [3.63, 3.8) is 0 Å². The minimum Gasteiger partial charge on any atom is -0.369 e. The summed E-state index contributed by atoms with van der Waals surface area (Å²) in [6, 6.07) is 1.62. The Bertz CT molecular complexity index is 437. The Morgan fingerprint density at radius 3 is 2.88 bits per heavy atom. The summed E-state index contributed by atoms with van der Waals surface area (Å²) in [6.07, 6.45) is 1.50. The molecule has 6 nitrogen and oxygen atoms in total. The van der Waals surface area contributed by atoms with Crippen LogP contribution in [0.5, 0.6) is 0 Å². The van der Waals surface area contributed by atoms with Gasteiger partial charge in [-0.15, -0.1) is 0 Å². The zero-order chi connectivity index (χ0) is 12.0. The second kappa shape index (κ2) is 5.97. The van der Waals surface area contributed by atoms with Crippen LogP contribution in [0.3, 0.4) is 0 Å². The van der Waals surface area contributed by atoms with E-state index in [1.165, 1.54) is 6.20 Å². The lowest BCUT2D eigenvalue weighted by atomic mass is 10.5. The van der Waals surface area contributed by atoms with Crippen LogP contribution >= 0.6 is 11.6 Å². The summed E-state index contributed by atoms with van der Waals surface area (Å²) in [5.74, 6) is 0.495. The monoisotopic (exact) mass is 264 g/mol. The third-order valence-corrected chi connectivity index (χ3v) is 3.32. The first-order valence-corrected chi connectivity index (χ1v) is 6.76. The lowest BCUT2D eigenvalue weighted by molar-refractivity contribution is 0.584. The van der Waals surface area contributed by atoms with E-state index in [1.807, 2.05) is 0 Å². The topological polar surface area (TPSA) is 84.0 Å². The lowest BCUT2D eigenvalue weighted by Crippen LogP contribution is -2.29. The van der Waals surface area contributed by atoms with Crippen LogP contribution < -0.4 is 10.0 Å². The van der Waals surface area contributed by atoms with Gasteiger partial charge in [0, 0.05) is 19.3 Å². The standard InChI is InChI=1S/C8H13ClN4O2S/c1-2-12-16(14,15)6-5-10-7-3-4-11-8(9)13-7/h3-4,12H,2,5-6H2,1H3,(H,10,11,13). The summed E-state index contributed by atoms with van der Waals surface area (Å²) in [7, 11) is -3.20. The number of hydrogen-bond donors (Lipinski definition) is 2. The fourth-order valence-corrected chi connectivity index (χ4v) is 2.14. The van der Waals surface area contributed by atoms with Gasteiger partial charge >= 0.3 is 0 Å². The van der Waals surface area contributed by atoms with Crippen molar-refractivity contribution in [1.29, 1.82) is 0 Å². The Kier molecular flexibility index (Phi) is 4.91. The highest BCUT2D eigenvalue weighted by molar-refractivity contribution is 7.89. The minimum atomic E-state index is -3.20. The van der Waals surface area contributed by atoms with Crippen LogP contribution in [0.25, 0.3) is 0 Å². The maximum Gasteiger partial charge on any atom is 0.224 e. The molecule has 16 heavy (non-hydrogen) atoms. The van der Waals surface area contributed by atoms with Crippen LogP contribution in [0.4, 0.5) is 5.82 Å². The van der Waals surface area contributed by atoms with Crippen LogP contribution in [0.2, 0.25) is 5.28 Å². The van der Waals surface area contributed by atoms with Gasteiger partial charge in [0.25, 0.3) is 0 Å². The summed E-state index contributed by atoms with van der Waals surface area (Å²) in [5, 5.41) is 2.97. The van der Waals surface area contributed by atoms with E-state index < -0.39 is 10.0 Å². The molecule has 0 aliphatic rings. The summed E-state index contributed by atoms with van der Waals surface area (Å²) >= 11 is 5.57. The van der Waals surface area contributed by atoms with Gasteiger partial charge in [-0.1, -0.05) is 6.92 Å². The number of sulfonamides is 1. The number of halogens is 1. The van der Waals surface area contributed by atoms with Gasteiger partial charge in [-0.3, -0.25) is 0 Å². The average molecular weight is 265 g/mol. The molecule has 1 rings (SSSR count). The van der Waals surface area contributed by atoms with Crippen molar-refractivity contribution in [1.82, 2.24) is 14.7 Å². The molecule has 0 aliphatic carbocycles. The van der Waals surface area contributed by atoms with Gasteiger partial charge in [-0.25, -0.2) is 23.1 Å². The van der Waals surface area contributed by atoms with E-state index in [2.05, 4.69) is 20.0 Å². The number of aromatic nitrogens is 2. The molecule has 0 fully saturated rings. The Balaban J connectivity index is 2.42. The first kappa shape index (κ1) is 13.1. The van der Waals surface area contributed by atoms with E-state index in [4.69, 9.17) is 11.6 Å². The first-order valence-electron chi connectivity index (χ1n) is 4.73.